The lowest BCUT2D eigenvalue weighted by molar-refractivity contribution is -0.116. The quantitative estimate of drug-likeness (QED) is 0.632. The second-order valence-corrected chi connectivity index (χ2v) is 5.96. The molecule has 26 heavy (non-hydrogen) atoms. The van der Waals surface area contributed by atoms with Crippen molar-refractivity contribution in [1.29, 1.82) is 0 Å². The zero-order chi connectivity index (χ0) is 18.8. The van der Waals surface area contributed by atoms with Crippen molar-refractivity contribution in [3.63, 3.8) is 0 Å². The summed E-state index contributed by atoms with van der Waals surface area (Å²) in [6.07, 6.45) is 3.40. The van der Waals surface area contributed by atoms with Crippen LogP contribution in [0.2, 0.25) is 0 Å². The highest BCUT2D eigenvalue weighted by Gasteiger charge is 2.13. The van der Waals surface area contributed by atoms with Crippen LogP contribution in [-0.2, 0) is 4.79 Å². The van der Waals surface area contributed by atoms with Gasteiger partial charge >= 0.3 is 0 Å². The Morgan fingerprint density at radius 3 is 2.35 bits per heavy atom. The van der Waals surface area contributed by atoms with Gasteiger partial charge in [0.05, 0.1) is 17.9 Å². The van der Waals surface area contributed by atoms with Gasteiger partial charge in [-0.15, -0.1) is 0 Å². The van der Waals surface area contributed by atoms with Crippen molar-refractivity contribution in [1.82, 2.24) is 0 Å². The molecule has 0 saturated heterocycles. The predicted octanol–water partition coefficient (Wildman–Crippen LogP) is 4.86. The SMILES string of the molecule is CCCCCC(=O)Nc1ccccc1C(=O)Nc1ccc(OCC)cc1. The second kappa shape index (κ2) is 10.2. The second-order valence-electron chi connectivity index (χ2n) is 5.96. The fourth-order valence-electron chi connectivity index (χ4n) is 2.54. The molecule has 2 N–H and O–H groups in total. The van der Waals surface area contributed by atoms with E-state index in [1.807, 2.05) is 6.92 Å². The summed E-state index contributed by atoms with van der Waals surface area (Å²) in [5.41, 5.74) is 1.63. The Hall–Kier alpha value is -2.82. The third-order valence-electron chi connectivity index (χ3n) is 3.88. The molecule has 2 aromatic rings. The molecule has 2 rings (SSSR count). The van der Waals surface area contributed by atoms with E-state index < -0.39 is 0 Å². The first kappa shape index (κ1) is 19.5. The highest BCUT2D eigenvalue weighted by atomic mass is 16.5. The van der Waals surface area contributed by atoms with Gasteiger partial charge < -0.3 is 15.4 Å². The van der Waals surface area contributed by atoms with E-state index >= 15 is 0 Å². The van der Waals surface area contributed by atoms with Gasteiger partial charge in [0, 0.05) is 12.1 Å². The van der Waals surface area contributed by atoms with Crippen LogP contribution < -0.4 is 15.4 Å². The lowest BCUT2D eigenvalue weighted by Crippen LogP contribution is -2.18. The molecule has 0 atom stereocenters. The number of unbranched alkanes of at least 4 members (excludes halogenated alkanes) is 2. The summed E-state index contributed by atoms with van der Waals surface area (Å²) < 4.78 is 5.39. The minimum Gasteiger partial charge on any atom is -0.494 e. The number of nitrogens with one attached hydrogen (secondary N) is 2. The van der Waals surface area contributed by atoms with Gasteiger partial charge in [0.25, 0.3) is 5.91 Å². The molecule has 0 unspecified atom stereocenters. The molecule has 0 fully saturated rings. The maximum absolute atomic E-state index is 12.6. The summed E-state index contributed by atoms with van der Waals surface area (Å²) >= 11 is 0. The molecule has 0 radical (unpaired) electrons. The van der Waals surface area contributed by atoms with E-state index in [9.17, 15) is 9.59 Å². The molecule has 0 spiro atoms. The number of benzene rings is 2. The highest BCUT2D eigenvalue weighted by Crippen LogP contribution is 2.20. The molecule has 2 amide bonds. The first-order chi connectivity index (χ1) is 12.6. The van der Waals surface area contributed by atoms with E-state index in [2.05, 4.69) is 17.6 Å². The van der Waals surface area contributed by atoms with Gasteiger partial charge in [0.1, 0.15) is 5.75 Å². The molecular weight excluding hydrogens is 328 g/mol. The number of hydrogen-bond donors (Lipinski definition) is 2. The molecule has 138 valence electrons. The minimum atomic E-state index is -0.265. The Balaban J connectivity index is 2.03. The molecule has 0 heterocycles. The van der Waals surface area contributed by atoms with Crippen molar-refractivity contribution in [2.24, 2.45) is 0 Å². The Bertz CT molecular complexity index is 726. The standard InChI is InChI=1S/C21H26N2O3/c1-3-5-6-11-20(24)23-19-10-8-7-9-18(19)21(25)22-16-12-14-17(15-13-16)26-4-2/h7-10,12-15H,3-6,11H2,1-2H3,(H,22,25)(H,23,24). The normalized spacial score (nSPS) is 10.2. The van der Waals surface area contributed by atoms with Crippen LogP contribution in [0.25, 0.3) is 0 Å². The lowest BCUT2D eigenvalue weighted by Gasteiger charge is -2.12. The van der Waals surface area contributed by atoms with Gasteiger partial charge in [0.15, 0.2) is 0 Å². The van der Waals surface area contributed by atoms with Crippen molar-refractivity contribution >= 4 is 23.2 Å². The van der Waals surface area contributed by atoms with Gasteiger partial charge in [-0.2, -0.15) is 0 Å². The van der Waals surface area contributed by atoms with Gasteiger partial charge in [-0.05, 0) is 49.7 Å². The average molecular weight is 354 g/mol. The summed E-state index contributed by atoms with van der Waals surface area (Å²) in [4.78, 5) is 24.7. The molecule has 5 nitrogen and oxygen atoms in total. The van der Waals surface area contributed by atoms with Crippen LogP contribution >= 0.6 is 0 Å². The Labute approximate surface area is 154 Å². The Kier molecular flexibility index (Phi) is 7.68. The third kappa shape index (κ3) is 5.92. The Morgan fingerprint density at radius 2 is 1.65 bits per heavy atom. The molecule has 0 aliphatic heterocycles. The molecule has 0 bridgehead atoms. The van der Waals surface area contributed by atoms with E-state index in [4.69, 9.17) is 4.74 Å². The summed E-state index contributed by atoms with van der Waals surface area (Å²) in [6, 6.07) is 14.2. The average Bonchev–Trinajstić information content (AvgIpc) is 2.64. The fraction of sp³-hybridized carbons (Fsp3) is 0.333. The maximum atomic E-state index is 12.6. The van der Waals surface area contributed by atoms with Gasteiger partial charge in [-0.1, -0.05) is 31.9 Å². The zero-order valence-corrected chi connectivity index (χ0v) is 15.4. The number of ether oxygens (including phenoxy) is 1. The van der Waals surface area contributed by atoms with Crippen molar-refractivity contribution in [2.75, 3.05) is 17.2 Å². The number of anilines is 2. The molecule has 0 saturated carbocycles. The smallest absolute Gasteiger partial charge is 0.257 e. The maximum Gasteiger partial charge on any atom is 0.257 e. The van der Waals surface area contributed by atoms with Crippen molar-refractivity contribution < 1.29 is 14.3 Å². The number of amides is 2. The lowest BCUT2D eigenvalue weighted by atomic mass is 10.1. The fourth-order valence-corrected chi connectivity index (χ4v) is 2.54. The largest absolute Gasteiger partial charge is 0.494 e. The predicted molar refractivity (Wildman–Crippen MR) is 105 cm³/mol. The molecule has 0 aliphatic carbocycles. The third-order valence-corrected chi connectivity index (χ3v) is 3.88. The molecule has 0 aliphatic rings. The molecule has 5 heteroatoms. The van der Waals surface area contributed by atoms with Crippen molar-refractivity contribution in [2.45, 2.75) is 39.5 Å². The number of carbonyl (C=O) groups excluding carboxylic acids is 2. The molecule has 0 aromatic heterocycles. The van der Waals surface area contributed by atoms with Gasteiger partial charge in [0.2, 0.25) is 5.91 Å². The number of rotatable bonds is 9. The van der Waals surface area contributed by atoms with Gasteiger partial charge in [-0.3, -0.25) is 9.59 Å². The van der Waals surface area contributed by atoms with Crippen LogP contribution in [-0.4, -0.2) is 18.4 Å². The summed E-state index contributed by atoms with van der Waals surface area (Å²) in [5.74, 6) is 0.420. The van der Waals surface area contributed by atoms with Crippen molar-refractivity contribution in [3.05, 3.63) is 54.1 Å². The summed E-state index contributed by atoms with van der Waals surface area (Å²) in [6.45, 7) is 4.61. The van der Waals surface area contributed by atoms with Crippen LogP contribution in [0.15, 0.2) is 48.5 Å². The van der Waals surface area contributed by atoms with E-state index in [0.717, 1.165) is 25.0 Å². The van der Waals surface area contributed by atoms with Crippen LogP contribution in [0, 0.1) is 0 Å². The number of hydrogen-bond acceptors (Lipinski definition) is 3. The van der Waals surface area contributed by atoms with E-state index in [1.54, 1.807) is 48.5 Å². The van der Waals surface area contributed by atoms with E-state index in [0.29, 0.717) is 30.0 Å². The van der Waals surface area contributed by atoms with Crippen LogP contribution in [0.3, 0.4) is 0 Å². The topological polar surface area (TPSA) is 67.4 Å². The zero-order valence-electron chi connectivity index (χ0n) is 15.4. The van der Waals surface area contributed by atoms with E-state index in [1.165, 1.54) is 0 Å². The van der Waals surface area contributed by atoms with Crippen molar-refractivity contribution in [3.8, 4) is 5.75 Å². The number of para-hydroxylation sites is 1. The first-order valence-corrected chi connectivity index (χ1v) is 9.07. The Morgan fingerprint density at radius 1 is 0.923 bits per heavy atom. The first-order valence-electron chi connectivity index (χ1n) is 9.07. The molecule has 2 aromatic carbocycles. The minimum absolute atomic E-state index is 0.0697. The van der Waals surface area contributed by atoms with Gasteiger partial charge in [-0.25, -0.2) is 0 Å². The summed E-state index contributed by atoms with van der Waals surface area (Å²) in [5, 5.41) is 5.69. The number of carbonyl (C=O) groups is 2. The highest BCUT2D eigenvalue weighted by molar-refractivity contribution is 6.10. The van der Waals surface area contributed by atoms with Crippen LogP contribution in [0.5, 0.6) is 5.75 Å². The van der Waals surface area contributed by atoms with E-state index in [-0.39, 0.29) is 11.8 Å². The van der Waals surface area contributed by atoms with Crippen LogP contribution in [0.4, 0.5) is 11.4 Å². The summed E-state index contributed by atoms with van der Waals surface area (Å²) in [7, 11) is 0. The van der Waals surface area contributed by atoms with Crippen LogP contribution in [0.1, 0.15) is 49.9 Å². The monoisotopic (exact) mass is 354 g/mol. The molecular formula is C21H26N2O3.